The van der Waals surface area contributed by atoms with Crippen molar-refractivity contribution in [3.8, 4) is 5.75 Å². The summed E-state index contributed by atoms with van der Waals surface area (Å²) in [5, 5.41) is 2.58. The Hall–Kier alpha value is -2.44. The van der Waals surface area contributed by atoms with E-state index in [1.54, 1.807) is 7.11 Å². The molecule has 1 fully saturated rings. The van der Waals surface area contributed by atoms with Crippen molar-refractivity contribution in [3.63, 3.8) is 0 Å². The molecule has 4 rings (SSSR count). The fourth-order valence-electron chi connectivity index (χ4n) is 5.90. The third-order valence-corrected chi connectivity index (χ3v) is 13.0. The third kappa shape index (κ3) is 6.23. The van der Waals surface area contributed by atoms with Crippen molar-refractivity contribution in [3.05, 3.63) is 90.5 Å². The molecule has 4 nitrogen and oxygen atoms in total. The molecule has 0 aliphatic carbocycles. The van der Waals surface area contributed by atoms with Crippen molar-refractivity contribution in [2.24, 2.45) is 11.8 Å². The van der Waals surface area contributed by atoms with Gasteiger partial charge in [-0.25, -0.2) is 0 Å². The van der Waals surface area contributed by atoms with Gasteiger partial charge in [-0.2, -0.15) is 0 Å². The SMILES string of the molecule is COc1ccc(CO[C@@H]2CCO[C@H]([C@@H](C)CO[Si](c3ccccc3)(c3ccccc3)C(C)(C)C)[C@H]2C)cc1. The molecule has 3 aromatic carbocycles. The molecule has 0 N–H and O–H groups in total. The number of methoxy groups -OCH3 is 1. The molecular weight excluding hydrogens is 488 g/mol. The van der Waals surface area contributed by atoms with Gasteiger partial charge in [-0.1, -0.05) is 107 Å². The molecule has 5 heteroatoms. The maximum absolute atomic E-state index is 7.22. The first-order chi connectivity index (χ1) is 18.3. The summed E-state index contributed by atoms with van der Waals surface area (Å²) in [6.45, 7) is 13.5. The molecule has 0 unspecified atom stereocenters. The van der Waals surface area contributed by atoms with Crippen molar-refractivity contribution in [2.75, 3.05) is 20.3 Å². The Morgan fingerprint density at radius 3 is 2.00 bits per heavy atom. The molecule has 3 aromatic rings. The zero-order chi connectivity index (χ0) is 27.2. The zero-order valence-corrected chi connectivity index (χ0v) is 24.9. The van der Waals surface area contributed by atoms with E-state index in [9.17, 15) is 0 Å². The van der Waals surface area contributed by atoms with Crippen LogP contribution in [-0.2, 0) is 20.5 Å². The standard InChI is InChI=1S/C33H44O4Si/c1-25(32-26(2)31(21-22-35-32)36-24-27-17-19-28(34-6)20-18-27)23-37-38(33(3,4)5,29-13-9-7-10-14-29)30-15-11-8-12-16-30/h7-20,25-26,31-32H,21-24H2,1-6H3/t25-,26-,31+,32+/m0/s1. The van der Waals surface area contributed by atoms with E-state index in [-0.39, 0.29) is 29.1 Å². The molecule has 0 saturated carbocycles. The highest BCUT2D eigenvalue weighted by molar-refractivity contribution is 6.99. The van der Waals surface area contributed by atoms with E-state index in [0.717, 1.165) is 17.7 Å². The van der Waals surface area contributed by atoms with Gasteiger partial charge in [0.25, 0.3) is 8.32 Å². The first kappa shape index (κ1) is 28.6. The molecule has 0 bridgehead atoms. The second-order valence-corrected chi connectivity index (χ2v) is 15.9. The number of ether oxygens (including phenoxy) is 3. The van der Waals surface area contributed by atoms with Crippen LogP contribution in [0.25, 0.3) is 0 Å². The number of hydrogen-bond donors (Lipinski definition) is 0. The van der Waals surface area contributed by atoms with Crippen LogP contribution in [-0.4, -0.2) is 40.8 Å². The van der Waals surface area contributed by atoms with Gasteiger partial charge in [0, 0.05) is 25.0 Å². The summed E-state index contributed by atoms with van der Waals surface area (Å²) in [4.78, 5) is 0. The van der Waals surface area contributed by atoms with Gasteiger partial charge in [-0.05, 0) is 39.5 Å². The molecule has 38 heavy (non-hydrogen) atoms. The lowest BCUT2D eigenvalue weighted by atomic mass is 9.86. The van der Waals surface area contributed by atoms with Crippen LogP contribution in [0.4, 0.5) is 0 Å². The van der Waals surface area contributed by atoms with Gasteiger partial charge in [0.05, 0.1) is 25.9 Å². The maximum atomic E-state index is 7.22. The summed E-state index contributed by atoms with van der Waals surface area (Å²) in [6.07, 6.45) is 1.16. The van der Waals surface area contributed by atoms with E-state index in [1.807, 2.05) is 12.1 Å². The van der Waals surface area contributed by atoms with E-state index in [0.29, 0.717) is 19.8 Å². The van der Waals surface area contributed by atoms with Gasteiger partial charge in [-0.15, -0.1) is 0 Å². The minimum Gasteiger partial charge on any atom is -0.497 e. The minimum absolute atomic E-state index is 0.0432. The molecule has 1 heterocycles. The smallest absolute Gasteiger partial charge is 0.261 e. The van der Waals surface area contributed by atoms with E-state index >= 15 is 0 Å². The van der Waals surface area contributed by atoms with Crippen LogP contribution in [0.3, 0.4) is 0 Å². The van der Waals surface area contributed by atoms with Gasteiger partial charge < -0.3 is 18.6 Å². The van der Waals surface area contributed by atoms with Crippen molar-refractivity contribution >= 4 is 18.7 Å². The van der Waals surface area contributed by atoms with E-state index in [4.69, 9.17) is 18.6 Å². The van der Waals surface area contributed by atoms with Crippen LogP contribution in [0.5, 0.6) is 5.75 Å². The van der Waals surface area contributed by atoms with Crippen LogP contribution in [0.15, 0.2) is 84.9 Å². The highest BCUT2D eigenvalue weighted by Crippen LogP contribution is 2.38. The number of benzene rings is 3. The lowest BCUT2D eigenvalue weighted by Crippen LogP contribution is -2.67. The Morgan fingerprint density at radius 2 is 1.47 bits per heavy atom. The van der Waals surface area contributed by atoms with Crippen molar-refractivity contribution in [1.82, 2.24) is 0 Å². The quantitative estimate of drug-likeness (QED) is 0.291. The van der Waals surface area contributed by atoms with E-state index in [2.05, 4.69) is 107 Å². The first-order valence-electron chi connectivity index (χ1n) is 13.9. The van der Waals surface area contributed by atoms with Gasteiger partial charge >= 0.3 is 0 Å². The normalized spacial score (nSPS) is 21.2. The Labute approximate surface area is 230 Å². The lowest BCUT2D eigenvalue weighted by Gasteiger charge is -2.45. The Kier molecular flexibility index (Phi) is 9.48. The highest BCUT2D eigenvalue weighted by Gasteiger charge is 2.50. The molecule has 0 radical (unpaired) electrons. The van der Waals surface area contributed by atoms with Crippen LogP contribution in [0, 0.1) is 11.8 Å². The Balaban J connectivity index is 1.49. The molecule has 1 aliphatic rings. The molecule has 204 valence electrons. The molecule has 1 saturated heterocycles. The average molecular weight is 533 g/mol. The summed E-state index contributed by atoms with van der Waals surface area (Å²) in [6, 6.07) is 29.8. The molecule has 1 aliphatic heterocycles. The molecule has 4 atom stereocenters. The van der Waals surface area contributed by atoms with Gasteiger partial charge in [0.1, 0.15) is 5.75 Å². The third-order valence-electron chi connectivity index (χ3n) is 7.98. The fraction of sp³-hybridized carbons (Fsp3) is 0.455. The minimum atomic E-state index is -2.58. The lowest BCUT2D eigenvalue weighted by molar-refractivity contribution is -0.136. The number of rotatable bonds is 10. The predicted octanol–water partition coefficient (Wildman–Crippen LogP) is 6.22. The van der Waals surface area contributed by atoms with Crippen LogP contribution in [0.2, 0.25) is 5.04 Å². The molecule has 0 amide bonds. The molecule has 0 aromatic heterocycles. The second-order valence-electron chi connectivity index (χ2n) is 11.6. The maximum Gasteiger partial charge on any atom is 0.261 e. The van der Waals surface area contributed by atoms with Gasteiger partial charge in [0.2, 0.25) is 0 Å². The summed E-state index contributed by atoms with van der Waals surface area (Å²) < 4.78 is 25.3. The van der Waals surface area contributed by atoms with Crippen molar-refractivity contribution in [1.29, 1.82) is 0 Å². The molecular formula is C33H44O4Si. The van der Waals surface area contributed by atoms with Crippen LogP contribution < -0.4 is 15.1 Å². The first-order valence-corrected chi connectivity index (χ1v) is 15.8. The molecule has 0 spiro atoms. The average Bonchev–Trinajstić information content (AvgIpc) is 2.93. The van der Waals surface area contributed by atoms with E-state index < -0.39 is 8.32 Å². The fourth-order valence-corrected chi connectivity index (χ4v) is 10.6. The Bertz CT molecular complexity index is 1070. The topological polar surface area (TPSA) is 36.9 Å². The van der Waals surface area contributed by atoms with Gasteiger partial charge in [0.15, 0.2) is 0 Å². The number of hydrogen-bond acceptors (Lipinski definition) is 4. The van der Waals surface area contributed by atoms with Gasteiger partial charge in [-0.3, -0.25) is 0 Å². The van der Waals surface area contributed by atoms with Crippen LogP contribution >= 0.6 is 0 Å². The van der Waals surface area contributed by atoms with Crippen LogP contribution in [0.1, 0.15) is 46.6 Å². The van der Waals surface area contributed by atoms with Crippen molar-refractivity contribution in [2.45, 2.75) is 64.9 Å². The summed E-state index contributed by atoms with van der Waals surface area (Å²) in [7, 11) is -0.890. The highest BCUT2D eigenvalue weighted by atomic mass is 28.4. The second kappa shape index (κ2) is 12.6. The Morgan fingerprint density at radius 1 is 0.895 bits per heavy atom. The predicted molar refractivity (Wildman–Crippen MR) is 158 cm³/mol. The monoisotopic (exact) mass is 532 g/mol. The van der Waals surface area contributed by atoms with Crippen molar-refractivity contribution < 1.29 is 18.6 Å². The summed E-state index contributed by atoms with van der Waals surface area (Å²) in [5.41, 5.74) is 1.16. The largest absolute Gasteiger partial charge is 0.497 e. The van der Waals surface area contributed by atoms with E-state index in [1.165, 1.54) is 10.4 Å². The summed E-state index contributed by atoms with van der Waals surface area (Å²) in [5.74, 6) is 1.38. The summed E-state index contributed by atoms with van der Waals surface area (Å²) >= 11 is 0. The zero-order valence-electron chi connectivity index (χ0n) is 23.9.